The van der Waals surface area contributed by atoms with Crippen molar-refractivity contribution in [1.82, 2.24) is 0 Å². The van der Waals surface area contributed by atoms with Gasteiger partial charge in [-0.25, -0.2) is 4.39 Å². The van der Waals surface area contributed by atoms with E-state index in [1.54, 1.807) is 12.1 Å². The summed E-state index contributed by atoms with van der Waals surface area (Å²) in [5, 5.41) is 8.65. The van der Waals surface area contributed by atoms with E-state index < -0.39 is 5.82 Å². The lowest BCUT2D eigenvalue weighted by molar-refractivity contribution is 0.472. The molecule has 0 spiro atoms. The standard InChI is InChI=1S/C15H12FNO/c1-10-3-4-11(2)15(7-10)18-13-6-5-12(9-17)14(16)8-13/h3-8H,1-2H3. The lowest BCUT2D eigenvalue weighted by Gasteiger charge is -2.09. The van der Waals surface area contributed by atoms with E-state index in [-0.39, 0.29) is 5.56 Å². The zero-order valence-electron chi connectivity index (χ0n) is 10.2. The molecule has 0 atom stereocenters. The van der Waals surface area contributed by atoms with Crippen LogP contribution in [0, 0.1) is 31.0 Å². The second-order valence-electron chi connectivity index (χ2n) is 4.12. The van der Waals surface area contributed by atoms with Crippen LogP contribution in [0.4, 0.5) is 4.39 Å². The number of rotatable bonds is 2. The molecule has 0 N–H and O–H groups in total. The molecule has 2 aromatic rings. The molecule has 2 aromatic carbocycles. The van der Waals surface area contributed by atoms with Gasteiger partial charge in [-0.15, -0.1) is 0 Å². The van der Waals surface area contributed by atoms with Crippen molar-refractivity contribution in [3.8, 4) is 17.6 Å². The monoisotopic (exact) mass is 241 g/mol. The molecule has 0 amide bonds. The first-order valence-corrected chi connectivity index (χ1v) is 5.55. The lowest BCUT2D eigenvalue weighted by Crippen LogP contribution is -1.90. The van der Waals surface area contributed by atoms with Gasteiger partial charge < -0.3 is 4.74 Å². The fourth-order valence-corrected chi connectivity index (χ4v) is 1.59. The van der Waals surface area contributed by atoms with E-state index >= 15 is 0 Å². The molecule has 0 radical (unpaired) electrons. The maximum atomic E-state index is 13.4. The molecule has 0 aliphatic rings. The molecule has 0 heterocycles. The Balaban J connectivity index is 2.32. The molecule has 90 valence electrons. The van der Waals surface area contributed by atoms with E-state index in [2.05, 4.69) is 0 Å². The first-order chi connectivity index (χ1) is 8.60. The number of ether oxygens (including phenoxy) is 1. The van der Waals surface area contributed by atoms with Crippen LogP contribution in [0.2, 0.25) is 0 Å². The first-order valence-electron chi connectivity index (χ1n) is 5.55. The first kappa shape index (κ1) is 12.1. The maximum Gasteiger partial charge on any atom is 0.144 e. The molecule has 2 nitrogen and oxygen atoms in total. The molecule has 0 fully saturated rings. The molecule has 0 unspecified atom stereocenters. The topological polar surface area (TPSA) is 33.0 Å². The molecule has 0 aliphatic carbocycles. The molecular weight excluding hydrogens is 229 g/mol. The van der Waals surface area contributed by atoms with Crippen LogP contribution >= 0.6 is 0 Å². The fourth-order valence-electron chi connectivity index (χ4n) is 1.59. The Morgan fingerprint density at radius 2 is 1.89 bits per heavy atom. The Kier molecular flexibility index (Phi) is 3.29. The highest BCUT2D eigenvalue weighted by molar-refractivity contribution is 5.42. The summed E-state index contributed by atoms with van der Waals surface area (Å²) in [5.41, 5.74) is 2.07. The number of aryl methyl sites for hydroxylation is 2. The van der Waals surface area contributed by atoms with Gasteiger partial charge in [-0.05, 0) is 43.2 Å². The largest absolute Gasteiger partial charge is 0.457 e. The number of hydrogen-bond donors (Lipinski definition) is 0. The SMILES string of the molecule is Cc1ccc(C)c(Oc2ccc(C#N)c(F)c2)c1. The van der Waals surface area contributed by atoms with Gasteiger partial charge in [0.25, 0.3) is 0 Å². The number of halogens is 1. The number of nitrogens with zero attached hydrogens (tertiary/aromatic N) is 1. The van der Waals surface area contributed by atoms with E-state index in [4.69, 9.17) is 10.00 Å². The van der Waals surface area contributed by atoms with Crippen molar-refractivity contribution >= 4 is 0 Å². The van der Waals surface area contributed by atoms with Crippen LogP contribution in [-0.4, -0.2) is 0 Å². The van der Waals surface area contributed by atoms with Crippen LogP contribution < -0.4 is 4.74 Å². The van der Waals surface area contributed by atoms with Gasteiger partial charge in [0.05, 0.1) is 5.56 Å². The zero-order chi connectivity index (χ0) is 13.1. The Morgan fingerprint density at radius 3 is 2.56 bits per heavy atom. The van der Waals surface area contributed by atoms with E-state index in [1.807, 2.05) is 32.0 Å². The molecule has 0 saturated carbocycles. The molecule has 0 aliphatic heterocycles. The summed E-state index contributed by atoms with van der Waals surface area (Å²) in [6.07, 6.45) is 0. The third kappa shape index (κ3) is 2.49. The van der Waals surface area contributed by atoms with Crippen LogP contribution in [0.5, 0.6) is 11.5 Å². The molecule has 3 heteroatoms. The van der Waals surface area contributed by atoms with E-state index in [0.29, 0.717) is 11.5 Å². The van der Waals surface area contributed by atoms with Crippen LogP contribution in [-0.2, 0) is 0 Å². The quantitative estimate of drug-likeness (QED) is 0.792. The summed E-state index contributed by atoms with van der Waals surface area (Å²) >= 11 is 0. The summed E-state index contributed by atoms with van der Waals surface area (Å²) in [4.78, 5) is 0. The van der Waals surface area contributed by atoms with Crippen molar-refractivity contribution in [3.63, 3.8) is 0 Å². The molecule has 0 saturated heterocycles. The maximum absolute atomic E-state index is 13.4. The molecular formula is C15H12FNO. The van der Waals surface area contributed by atoms with Crippen LogP contribution in [0.25, 0.3) is 0 Å². The Morgan fingerprint density at radius 1 is 1.11 bits per heavy atom. The molecule has 0 bridgehead atoms. The van der Waals surface area contributed by atoms with Crippen LogP contribution in [0.15, 0.2) is 36.4 Å². The summed E-state index contributed by atoms with van der Waals surface area (Å²) in [6.45, 7) is 3.89. The number of hydrogen-bond acceptors (Lipinski definition) is 2. The van der Waals surface area contributed by atoms with E-state index in [0.717, 1.165) is 11.1 Å². The van der Waals surface area contributed by atoms with Gasteiger partial charge in [0.1, 0.15) is 23.4 Å². The zero-order valence-corrected chi connectivity index (χ0v) is 10.2. The van der Waals surface area contributed by atoms with Crippen molar-refractivity contribution in [3.05, 3.63) is 58.9 Å². The highest BCUT2D eigenvalue weighted by atomic mass is 19.1. The van der Waals surface area contributed by atoms with Crippen molar-refractivity contribution in [2.24, 2.45) is 0 Å². The van der Waals surface area contributed by atoms with Gasteiger partial charge in [-0.2, -0.15) is 5.26 Å². The lowest BCUT2D eigenvalue weighted by atomic mass is 10.1. The normalized spacial score (nSPS) is 9.89. The van der Waals surface area contributed by atoms with Crippen molar-refractivity contribution in [2.75, 3.05) is 0 Å². The van der Waals surface area contributed by atoms with Gasteiger partial charge >= 0.3 is 0 Å². The van der Waals surface area contributed by atoms with Gasteiger partial charge in [-0.3, -0.25) is 0 Å². The molecule has 2 rings (SSSR count). The Labute approximate surface area is 105 Å². The van der Waals surface area contributed by atoms with Crippen molar-refractivity contribution < 1.29 is 9.13 Å². The number of nitriles is 1. The van der Waals surface area contributed by atoms with Crippen LogP contribution in [0.3, 0.4) is 0 Å². The Bertz CT molecular complexity index is 629. The van der Waals surface area contributed by atoms with Crippen molar-refractivity contribution in [2.45, 2.75) is 13.8 Å². The predicted molar refractivity (Wildman–Crippen MR) is 67.1 cm³/mol. The number of benzene rings is 2. The third-order valence-electron chi connectivity index (χ3n) is 2.63. The summed E-state index contributed by atoms with van der Waals surface area (Å²) in [5.74, 6) is 0.514. The van der Waals surface area contributed by atoms with Crippen molar-refractivity contribution in [1.29, 1.82) is 5.26 Å². The van der Waals surface area contributed by atoms with E-state index in [1.165, 1.54) is 12.1 Å². The average Bonchev–Trinajstić information content (AvgIpc) is 2.34. The second-order valence-corrected chi connectivity index (χ2v) is 4.12. The molecule has 18 heavy (non-hydrogen) atoms. The molecule has 0 aromatic heterocycles. The highest BCUT2D eigenvalue weighted by Crippen LogP contribution is 2.27. The van der Waals surface area contributed by atoms with E-state index in [9.17, 15) is 4.39 Å². The average molecular weight is 241 g/mol. The minimum absolute atomic E-state index is 0.0170. The smallest absolute Gasteiger partial charge is 0.144 e. The Hall–Kier alpha value is -2.34. The minimum Gasteiger partial charge on any atom is -0.457 e. The summed E-state index contributed by atoms with van der Waals surface area (Å²) in [6, 6.07) is 11.8. The van der Waals surface area contributed by atoms with Gasteiger partial charge in [0, 0.05) is 6.07 Å². The third-order valence-corrected chi connectivity index (χ3v) is 2.63. The second kappa shape index (κ2) is 4.89. The highest BCUT2D eigenvalue weighted by Gasteiger charge is 2.06. The summed E-state index contributed by atoms with van der Waals surface area (Å²) in [7, 11) is 0. The minimum atomic E-state index is -0.569. The van der Waals surface area contributed by atoms with Gasteiger partial charge in [0.2, 0.25) is 0 Å². The predicted octanol–water partition coefficient (Wildman–Crippen LogP) is 4.11. The van der Waals surface area contributed by atoms with Gasteiger partial charge in [-0.1, -0.05) is 12.1 Å². The van der Waals surface area contributed by atoms with Crippen LogP contribution in [0.1, 0.15) is 16.7 Å². The van der Waals surface area contributed by atoms with Gasteiger partial charge in [0.15, 0.2) is 0 Å². The summed E-state index contributed by atoms with van der Waals surface area (Å²) < 4.78 is 19.1. The fraction of sp³-hybridized carbons (Fsp3) is 0.133.